The molecule has 1 rings (SSSR count). The first kappa shape index (κ1) is 11.1. The number of carbonyl (C=O) groups excluding carboxylic acids is 1. The maximum atomic E-state index is 10.9. The van der Waals surface area contributed by atoms with Crippen molar-refractivity contribution in [3.63, 3.8) is 0 Å². The topological polar surface area (TPSA) is 59.4 Å². The second-order valence-corrected chi connectivity index (χ2v) is 3.56. The minimum Gasteiger partial charge on any atom is -0.467 e. The highest BCUT2D eigenvalue weighted by molar-refractivity contribution is 9.10. The van der Waals surface area contributed by atoms with Gasteiger partial charge in [-0.15, -0.1) is 0 Å². The standard InChI is InChI=1S/C9H10BrNO3/c1-14-9(13)8(12)4-6-2-3-11-5-7(6)10/h2-3,5,8,12H,4H2,1H3. The Morgan fingerprint density at radius 2 is 2.50 bits per heavy atom. The fourth-order valence-electron chi connectivity index (χ4n) is 0.997. The van der Waals surface area contributed by atoms with E-state index in [1.54, 1.807) is 18.5 Å². The van der Waals surface area contributed by atoms with Gasteiger partial charge in [0.1, 0.15) is 0 Å². The number of nitrogens with zero attached hydrogens (tertiary/aromatic N) is 1. The third-order valence-electron chi connectivity index (χ3n) is 1.74. The van der Waals surface area contributed by atoms with E-state index in [-0.39, 0.29) is 6.42 Å². The number of halogens is 1. The molecule has 0 spiro atoms. The second kappa shape index (κ2) is 5.07. The van der Waals surface area contributed by atoms with Gasteiger partial charge in [0.2, 0.25) is 0 Å². The van der Waals surface area contributed by atoms with Gasteiger partial charge in [0, 0.05) is 23.3 Å². The zero-order chi connectivity index (χ0) is 10.6. The van der Waals surface area contributed by atoms with Gasteiger partial charge in [0.25, 0.3) is 0 Å². The van der Waals surface area contributed by atoms with Crippen molar-refractivity contribution in [3.8, 4) is 0 Å². The van der Waals surface area contributed by atoms with Crippen LogP contribution in [0.2, 0.25) is 0 Å². The first-order valence-electron chi connectivity index (χ1n) is 3.99. The summed E-state index contributed by atoms with van der Waals surface area (Å²) in [5, 5.41) is 9.38. The van der Waals surface area contributed by atoms with Gasteiger partial charge in [-0.3, -0.25) is 4.98 Å². The highest BCUT2D eigenvalue weighted by Crippen LogP contribution is 2.16. The molecule has 1 aromatic rings. The first-order valence-corrected chi connectivity index (χ1v) is 4.78. The van der Waals surface area contributed by atoms with Crippen LogP contribution in [0.3, 0.4) is 0 Å². The zero-order valence-corrected chi connectivity index (χ0v) is 9.19. The Bertz CT molecular complexity index is 330. The molecule has 0 saturated heterocycles. The fourth-order valence-corrected chi connectivity index (χ4v) is 1.41. The van der Waals surface area contributed by atoms with Crippen LogP contribution in [0.15, 0.2) is 22.9 Å². The van der Waals surface area contributed by atoms with Crippen molar-refractivity contribution in [2.75, 3.05) is 7.11 Å². The Balaban J connectivity index is 2.69. The Morgan fingerprint density at radius 3 is 3.07 bits per heavy atom. The lowest BCUT2D eigenvalue weighted by molar-refractivity contribution is -0.150. The van der Waals surface area contributed by atoms with Crippen molar-refractivity contribution in [3.05, 3.63) is 28.5 Å². The van der Waals surface area contributed by atoms with Crippen molar-refractivity contribution in [1.29, 1.82) is 0 Å². The van der Waals surface area contributed by atoms with E-state index in [1.165, 1.54) is 7.11 Å². The van der Waals surface area contributed by atoms with E-state index in [1.807, 2.05) is 0 Å². The summed E-state index contributed by atoms with van der Waals surface area (Å²) in [7, 11) is 1.24. The van der Waals surface area contributed by atoms with E-state index in [2.05, 4.69) is 25.7 Å². The van der Waals surface area contributed by atoms with Gasteiger partial charge in [-0.25, -0.2) is 4.79 Å². The molecule has 1 atom stereocenters. The highest BCUT2D eigenvalue weighted by atomic mass is 79.9. The van der Waals surface area contributed by atoms with Gasteiger partial charge in [-0.1, -0.05) is 0 Å². The van der Waals surface area contributed by atoms with Crippen LogP contribution in [-0.2, 0) is 16.0 Å². The highest BCUT2D eigenvalue weighted by Gasteiger charge is 2.16. The number of methoxy groups -OCH3 is 1. The largest absolute Gasteiger partial charge is 0.467 e. The molecule has 0 fully saturated rings. The van der Waals surface area contributed by atoms with Crippen molar-refractivity contribution in [1.82, 2.24) is 4.98 Å². The number of pyridine rings is 1. The molecular weight excluding hydrogens is 250 g/mol. The summed E-state index contributed by atoms with van der Waals surface area (Å²) in [6.07, 6.45) is 2.30. The van der Waals surface area contributed by atoms with Gasteiger partial charge >= 0.3 is 5.97 Å². The third-order valence-corrected chi connectivity index (χ3v) is 2.46. The van der Waals surface area contributed by atoms with Crippen molar-refractivity contribution in [2.45, 2.75) is 12.5 Å². The molecule has 0 radical (unpaired) electrons. The monoisotopic (exact) mass is 259 g/mol. The average Bonchev–Trinajstić information content (AvgIpc) is 2.20. The number of aromatic nitrogens is 1. The van der Waals surface area contributed by atoms with E-state index in [0.29, 0.717) is 0 Å². The fraction of sp³-hybridized carbons (Fsp3) is 0.333. The minimum absolute atomic E-state index is 0.218. The lowest BCUT2D eigenvalue weighted by atomic mass is 10.1. The lowest BCUT2D eigenvalue weighted by Gasteiger charge is -2.08. The summed E-state index contributed by atoms with van der Waals surface area (Å²) in [6.45, 7) is 0. The number of esters is 1. The number of ether oxygens (including phenoxy) is 1. The molecule has 5 heteroatoms. The molecule has 0 amide bonds. The predicted molar refractivity (Wildman–Crippen MR) is 53.7 cm³/mol. The second-order valence-electron chi connectivity index (χ2n) is 2.71. The number of aliphatic hydroxyl groups is 1. The van der Waals surface area contributed by atoms with Crippen LogP contribution in [0, 0.1) is 0 Å². The first-order chi connectivity index (χ1) is 6.65. The molecule has 0 aromatic carbocycles. The van der Waals surface area contributed by atoms with E-state index in [9.17, 15) is 9.90 Å². The minimum atomic E-state index is -1.13. The van der Waals surface area contributed by atoms with Crippen molar-refractivity contribution < 1.29 is 14.6 Å². The summed E-state index contributed by atoms with van der Waals surface area (Å²) in [4.78, 5) is 14.8. The predicted octanol–water partition coefficient (Wildman–Crippen LogP) is 0.921. The molecule has 1 unspecified atom stereocenters. The lowest BCUT2D eigenvalue weighted by Crippen LogP contribution is -2.24. The number of aliphatic hydroxyl groups excluding tert-OH is 1. The van der Waals surface area contributed by atoms with Crippen molar-refractivity contribution >= 4 is 21.9 Å². The Kier molecular flexibility index (Phi) is 4.03. The maximum Gasteiger partial charge on any atom is 0.335 e. The van der Waals surface area contributed by atoms with E-state index in [0.717, 1.165) is 10.0 Å². The van der Waals surface area contributed by atoms with E-state index in [4.69, 9.17) is 0 Å². The number of hydrogen-bond acceptors (Lipinski definition) is 4. The summed E-state index contributed by atoms with van der Waals surface area (Å²) in [5.41, 5.74) is 0.818. The van der Waals surface area contributed by atoms with Crippen LogP contribution in [-0.4, -0.2) is 29.3 Å². The zero-order valence-electron chi connectivity index (χ0n) is 7.61. The SMILES string of the molecule is COC(=O)C(O)Cc1ccncc1Br. The molecular formula is C9H10BrNO3. The van der Waals surface area contributed by atoms with Crippen LogP contribution in [0.4, 0.5) is 0 Å². The molecule has 1 heterocycles. The molecule has 76 valence electrons. The Morgan fingerprint density at radius 1 is 1.79 bits per heavy atom. The molecule has 1 aromatic heterocycles. The number of carbonyl (C=O) groups is 1. The van der Waals surface area contributed by atoms with Gasteiger partial charge in [0.05, 0.1) is 7.11 Å². The quantitative estimate of drug-likeness (QED) is 0.821. The smallest absolute Gasteiger partial charge is 0.335 e. The van der Waals surface area contributed by atoms with Crippen LogP contribution in [0.5, 0.6) is 0 Å². The van der Waals surface area contributed by atoms with Gasteiger partial charge < -0.3 is 9.84 Å². The third kappa shape index (κ3) is 2.78. The average molecular weight is 260 g/mol. The van der Waals surface area contributed by atoms with E-state index >= 15 is 0 Å². The molecule has 0 saturated carbocycles. The number of hydrogen-bond donors (Lipinski definition) is 1. The summed E-state index contributed by atoms with van der Waals surface area (Å²) in [5.74, 6) is -0.631. The Hall–Kier alpha value is -0.940. The summed E-state index contributed by atoms with van der Waals surface area (Å²) >= 11 is 3.27. The van der Waals surface area contributed by atoms with E-state index < -0.39 is 12.1 Å². The number of rotatable bonds is 3. The van der Waals surface area contributed by atoms with Crippen LogP contribution in [0.1, 0.15) is 5.56 Å². The molecule has 0 aliphatic heterocycles. The van der Waals surface area contributed by atoms with Gasteiger partial charge in [0.15, 0.2) is 6.10 Å². The van der Waals surface area contributed by atoms with Gasteiger partial charge in [-0.05, 0) is 27.6 Å². The normalized spacial score (nSPS) is 12.2. The van der Waals surface area contributed by atoms with Gasteiger partial charge in [-0.2, -0.15) is 0 Å². The molecule has 4 nitrogen and oxygen atoms in total. The van der Waals surface area contributed by atoms with Crippen LogP contribution >= 0.6 is 15.9 Å². The Labute approximate surface area is 90.0 Å². The van der Waals surface area contributed by atoms with Crippen LogP contribution in [0.25, 0.3) is 0 Å². The summed E-state index contributed by atoms with van der Waals surface area (Å²) in [6, 6.07) is 1.73. The molecule has 1 N–H and O–H groups in total. The molecule has 14 heavy (non-hydrogen) atoms. The van der Waals surface area contributed by atoms with Crippen LogP contribution < -0.4 is 0 Å². The maximum absolute atomic E-state index is 10.9. The molecule has 0 bridgehead atoms. The molecule has 0 aliphatic rings. The van der Waals surface area contributed by atoms with Crippen molar-refractivity contribution in [2.24, 2.45) is 0 Å². The summed E-state index contributed by atoms with van der Waals surface area (Å²) < 4.78 is 5.17. The molecule has 0 aliphatic carbocycles.